The molecule has 0 N–H and O–H groups in total. The van der Waals surface area contributed by atoms with Crippen molar-refractivity contribution in [1.82, 2.24) is 4.90 Å². The van der Waals surface area contributed by atoms with Gasteiger partial charge in [0.2, 0.25) is 0 Å². The van der Waals surface area contributed by atoms with Crippen LogP contribution in [0.2, 0.25) is 0 Å². The maximum absolute atomic E-state index is 12.2. The molecule has 0 spiro atoms. The standard InChI is InChI=1S/C15H18N2O3S/c1-9-11(19-4)7-6-10(13(9)20-5)8-12-14(18)17(3)15(16-2)21-12/h6-8H,1-5H3/b12-8+,16-15?. The summed E-state index contributed by atoms with van der Waals surface area (Å²) in [7, 11) is 6.62. The fourth-order valence-corrected chi connectivity index (χ4v) is 3.11. The number of nitrogens with zero attached hydrogens (tertiary/aromatic N) is 2. The van der Waals surface area contributed by atoms with E-state index < -0.39 is 0 Å². The van der Waals surface area contributed by atoms with E-state index in [0.29, 0.717) is 15.8 Å². The first-order chi connectivity index (χ1) is 10.0. The SMILES string of the molecule is CN=C1S/C(=C/c2ccc(OC)c(C)c2OC)C(=O)N1C. The van der Waals surface area contributed by atoms with E-state index in [1.165, 1.54) is 11.8 Å². The number of amidine groups is 1. The van der Waals surface area contributed by atoms with Crippen molar-refractivity contribution in [2.24, 2.45) is 4.99 Å². The van der Waals surface area contributed by atoms with Crippen molar-refractivity contribution in [3.05, 3.63) is 28.2 Å². The molecule has 0 aromatic heterocycles. The zero-order valence-corrected chi connectivity index (χ0v) is 13.6. The monoisotopic (exact) mass is 306 g/mol. The molecule has 6 heteroatoms. The minimum absolute atomic E-state index is 0.0591. The van der Waals surface area contributed by atoms with Gasteiger partial charge in [-0.1, -0.05) is 0 Å². The lowest BCUT2D eigenvalue weighted by molar-refractivity contribution is -0.121. The Balaban J connectivity index is 2.47. The fraction of sp³-hybridized carbons (Fsp3) is 0.333. The summed E-state index contributed by atoms with van der Waals surface area (Å²) in [6.45, 7) is 1.92. The van der Waals surface area contributed by atoms with Crippen molar-refractivity contribution in [3.8, 4) is 11.5 Å². The molecule has 21 heavy (non-hydrogen) atoms. The summed E-state index contributed by atoms with van der Waals surface area (Å²) in [5.41, 5.74) is 1.75. The molecule has 0 saturated carbocycles. The van der Waals surface area contributed by atoms with Gasteiger partial charge in [0, 0.05) is 25.2 Å². The number of hydrogen-bond donors (Lipinski definition) is 0. The van der Waals surface area contributed by atoms with E-state index in [1.807, 2.05) is 25.1 Å². The van der Waals surface area contributed by atoms with Gasteiger partial charge in [-0.05, 0) is 36.9 Å². The summed E-state index contributed by atoms with van der Waals surface area (Å²) in [5.74, 6) is 1.41. The smallest absolute Gasteiger partial charge is 0.266 e. The first kappa shape index (κ1) is 15.4. The third-order valence-electron chi connectivity index (χ3n) is 3.29. The normalized spacial score (nSPS) is 18.7. The van der Waals surface area contributed by atoms with Gasteiger partial charge in [0.1, 0.15) is 11.5 Å². The molecule has 0 atom stereocenters. The molecule has 1 fully saturated rings. The molecule has 1 aromatic carbocycles. The van der Waals surface area contributed by atoms with Crippen LogP contribution in [0, 0.1) is 6.92 Å². The lowest BCUT2D eigenvalue weighted by Crippen LogP contribution is -2.23. The maximum Gasteiger partial charge on any atom is 0.266 e. The molecule has 1 amide bonds. The number of likely N-dealkylation sites (N-methyl/N-ethyl adjacent to an activating group) is 1. The van der Waals surface area contributed by atoms with Gasteiger partial charge in [-0.25, -0.2) is 0 Å². The van der Waals surface area contributed by atoms with Crippen molar-refractivity contribution in [2.45, 2.75) is 6.92 Å². The Morgan fingerprint density at radius 3 is 2.52 bits per heavy atom. The summed E-state index contributed by atoms with van der Waals surface area (Å²) in [4.78, 5) is 18.4. The average Bonchev–Trinajstić information content (AvgIpc) is 2.75. The lowest BCUT2D eigenvalue weighted by atomic mass is 10.1. The number of carbonyl (C=O) groups is 1. The van der Waals surface area contributed by atoms with Crippen molar-refractivity contribution >= 4 is 28.9 Å². The van der Waals surface area contributed by atoms with Gasteiger partial charge in [0.05, 0.1) is 19.1 Å². The Hall–Kier alpha value is -1.95. The largest absolute Gasteiger partial charge is 0.496 e. The zero-order chi connectivity index (χ0) is 15.6. The molecule has 1 saturated heterocycles. The molecule has 5 nitrogen and oxygen atoms in total. The number of carbonyl (C=O) groups excluding carboxylic acids is 1. The van der Waals surface area contributed by atoms with Crippen LogP contribution in [-0.4, -0.2) is 44.3 Å². The van der Waals surface area contributed by atoms with Crippen LogP contribution in [0.1, 0.15) is 11.1 Å². The van der Waals surface area contributed by atoms with Crippen molar-refractivity contribution in [1.29, 1.82) is 0 Å². The number of methoxy groups -OCH3 is 2. The molecule has 1 aromatic rings. The summed E-state index contributed by atoms with van der Waals surface area (Å²) in [6.07, 6.45) is 1.83. The van der Waals surface area contributed by atoms with Crippen LogP contribution in [0.15, 0.2) is 22.0 Å². The van der Waals surface area contributed by atoms with E-state index in [4.69, 9.17) is 9.47 Å². The van der Waals surface area contributed by atoms with E-state index in [9.17, 15) is 4.79 Å². The molecule has 1 heterocycles. The Morgan fingerprint density at radius 2 is 2.00 bits per heavy atom. The van der Waals surface area contributed by atoms with Crippen LogP contribution in [-0.2, 0) is 4.79 Å². The zero-order valence-electron chi connectivity index (χ0n) is 12.8. The molecule has 1 aliphatic rings. The first-order valence-corrected chi connectivity index (χ1v) is 7.21. The highest BCUT2D eigenvalue weighted by atomic mass is 32.2. The third kappa shape index (κ3) is 2.76. The van der Waals surface area contributed by atoms with Gasteiger partial charge >= 0.3 is 0 Å². The van der Waals surface area contributed by atoms with Crippen LogP contribution >= 0.6 is 11.8 Å². The molecule has 0 radical (unpaired) electrons. The van der Waals surface area contributed by atoms with Crippen molar-refractivity contribution in [2.75, 3.05) is 28.3 Å². The second kappa shape index (κ2) is 6.22. The van der Waals surface area contributed by atoms with E-state index in [2.05, 4.69) is 4.99 Å². The summed E-state index contributed by atoms with van der Waals surface area (Å²) >= 11 is 1.36. The highest BCUT2D eigenvalue weighted by molar-refractivity contribution is 8.18. The second-order valence-electron chi connectivity index (χ2n) is 4.50. The van der Waals surface area contributed by atoms with Crippen LogP contribution in [0.3, 0.4) is 0 Å². The minimum Gasteiger partial charge on any atom is -0.496 e. The number of thioether (sulfide) groups is 1. The summed E-state index contributed by atoms with van der Waals surface area (Å²) < 4.78 is 10.7. The molecule has 112 valence electrons. The molecule has 0 unspecified atom stereocenters. The quantitative estimate of drug-likeness (QED) is 0.805. The molecule has 0 bridgehead atoms. The Morgan fingerprint density at radius 1 is 1.29 bits per heavy atom. The third-order valence-corrected chi connectivity index (χ3v) is 4.44. The van der Waals surface area contributed by atoms with Gasteiger partial charge in [-0.3, -0.25) is 14.7 Å². The number of rotatable bonds is 3. The average molecular weight is 306 g/mol. The van der Waals surface area contributed by atoms with E-state index in [0.717, 1.165) is 16.9 Å². The Kier molecular flexibility index (Phi) is 4.57. The number of hydrogen-bond acceptors (Lipinski definition) is 5. The topological polar surface area (TPSA) is 51.1 Å². The van der Waals surface area contributed by atoms with Crippen molar-refractivity contribution < 1.29 is 14.3 Å². The highest BCUT2D eigenvalue weighted by Gasteiger charge is 2.30. The Bertz CT molecular complexity index is 638. The number of ether oxygens (including phenoxy) is 2. The first-order valence-electron chi connectivity index (χ1n) is 6.39. The fourth-order valence-electron chi connectivity index (χ4n) is 2.19. The van der Waals surface area contributed by atoms with Crippen LogP contribution in [0.4, 0.5) is 0 Å². The van der Waals surface area contributed by atoms with Gasteiger partial charge in [0.15, 0.2) is 5.17 Å². The maximum atomic E-state index is 12.2. The number of aliphatic imine (C=N–C) groups is 1. The lowest BCUT2D eigenvalue weighted by Gasteiger charge is -2.12. The van der Waals surface area contributed by atoms with Gasteiger partial charge in [-0.2, -0.15) is 0 Å². The minimum atomic E-state index is -0.0591. The van der Waals surface area contributed by atoms with Crippen molar-refractivity contribution in [3.63, 3.8) is 0 Å². The van der Waals surface area contributed by atoms with E-state index >= 15 is 0 Å². The number of benzene rings is 1. The second-order valence-corrected chi connectivity index (χ2v) is 5.51. The van der Waals surface area contributed by atoms with Gasteiger partial charge in [-0.15, -0.1) is 0 Å². The van der Waals surface area contributed by atoms with E-state index in [-0.39, 0.29) is 5.91 Å². The predicted octanol–water partition coefficient (Wildman–Crippen LogP) is 2.54. The molecule has 2 rings (SSSR count). The van der Waals surface area contributed by atoms with Crippen LogP contribution in [0.25, 0.3) is 6.08 Å². The molecule has 1 aliphatic heterocycles. The molecule has 0 aliphatic carbocycles. The predicted molar refractivity (Wildman–Crippen MR) is 86.0 cm³/mol. The van der Waals surface area contributed by atoms with E-state index in [1.54, 1.807) is 33.2 Å². The van der Waals surface area contributed by atoms with Gasteiger partial charge in [0.25, 0.3) is 5.91 Å². The van der Waals surface area contributed by atoms with Crippen LogP contribution in [0.5, 0.6) is 11.5 Å². The van der Waals surface area contributed by atoms with Crippen LogP contribution < -0.4 is 9.47 Å². The number of amides is 1. The summed E-state index contributed by atoms with van der Waals surface area (Å²) in [5, 5.41) is 0.690. The Labute approximate surface area is 128 Å². The molecular weight excluding hydrogens is 288 g/mol. The van der Waals surface area contributed by atoms with Gasteiger partial charge < -0.3 is 9.47 Å². The molecular formula is C15H18N2O3S. The summed E-state index contributed by atoms with van der Waals surface area (Å²) in [6, 6.07) is 3.75. The highest BCUT2D eigenvalue weighted by Crippen LogP contribution is 2.36.